The van der Waals surface area contributed by atoms with Gasteiger partial charge in [-0.25, -0.2) is 0 Å². The molecular formula is C42H43O7P. The van der Waals surface area contributed by atoms with Crippen molar-refractivity contribution in [3.8, 4) is 0 Å². The van der Waals surface area contributed by atoms with E-state index < -0.39 is 32.0 Å². The Hall–Kier alpha value is -4.33. The Morgan fingerprint density at radius 2 is 0.840 bits per heavy atom. The third kappa shape index (κ3) is 10.3. The molecule has 0 N–H and O–H groups in total. The molecule has 0 radical (unpaired) electrons. The molecule has 1 aliphatic rings. The third-order valence-corrected chi connectivity index (χ3v) is 9.87. The molecule has 258 valence electrons. The van der Waals surface area contributed by atoms with E-state index in [1.54, 1.807) is 0 Å². The van der Waals surface area contributed by atoms with Crippen molar-refractivity contribution in [1.29, 1.82) is 0 Å². The molecule has 1 saturated heterocycles. The number of rotatable bonds is 16. The summed E-state index contributed by atoms with van der Waals surface area (Å²) in [4.78, 5) is 0. The Morgan fingerprint density at radius 3 is 1.24 bits per heavy atom. The molecule has 0 spiro atoms. The molecule has 4 atom stereocenters. The standard InChI is InChI=1S/C42H43O7P/c1-33-40(44-27-34-17-7-2-8-18-34)42(46-29-36-21-11-4-12-22-36)41(45-28-35-19-9-3-10-20-35)39(49-33)32-50(43,47-30-37-23-13-5-14-24-37)48-31-38-25-15-6-16-26-38/h2-26,32-33,40-42H,27-31H2,1H3/b39-32-/t33-,40-,41-,42+/m0/s1. The van der Waals surface area contributed by atoms with Gasteiger partial charge in [-0.3, -0.25) is 4.57 Å². The summed E-state index contributed by atoms with van der Waals surface area (Å²) in [6.45, 7) is 3.02. The second-order valence-electron chi connectivity index (χ2n) is 12.2. The molecule has 8 heteroatoms. The van der Waals surface area contributed by atoms with Crippen LogP contribution in [0.4, 0.5) is 0 Å². The van der Waals surface area contributed by atoms with E-state index in [-0.39, 0.29) is 19.8 Å². The zero-order valence-electron chi connectivity index (χ0n) is 28.2. The largest absolute Gasteiger partial charge is 0.489 e. The lowest BCUT2D eigenvalue weighted by Gasteiger charge is -2.42. The van der Waals surface area contributed by atoms with Crippen LogP contribution in [-0.4, -0.2) is 24.4 Å². The Balaban J connectivity index is 1.34. The fraction of sp³-hybridized carbons (Fsp3) is 0.238. The van der Waals surface area contributed by atoms with Gasteiger partial charge in [0.25, 0.3) is 0 Å². The maximum atomic E-state index is 14.7. The normalized spacial score (nSPS) is 20.0. The Labute approximate surface area is 294 Å². The molecule has 0 unspecified atom stereocenters. The van der Waals surface area contributed by atoms with Gasteiger partial charge in [-0.05, 0) is 34.7 Å². The topological polar surface area (TPSA) is 72.5 Å². The number of benzene rings is 5. The minimum absolute atomic E-state index is 0.0819. The predicted molar refractivity (Wildman–Crippen MR) is 194 cm³/mol. The van der Waals surface area contributed by atoms with Crippen LogP contribution >= 0.6 is 7.60 Å². The van der Waals surface area contributed by atoms with E-state index in [4.69, 9.17) is 28.0 Å². The van der Waals surface area contributed by atoms with Gasteiger partial charge in [-0.15, -0.1) is 0 Å². The summed E-state index contributed by atoms with van der Waals surface area (Å²) in [7, 11) is -3.93. The summed E-state index contributed by atoms with van der Waals surface area (Å²) >= 11 is 0. The van der Waals surface area contributed by atoms with Crippen LogP contribution in [-0.2, 0) is 65.6 Å². The molecule has 1 aliphatic heterocycles. The smallest absolute Gasteiger partial charge is 0.358 e. The Morgan fingerprint density at radius 1 is 0.500 bits per heavy atom. The third-order valence-electron chi connectivity index (χ3n) is 8.32. The number of ether oxygens (including phenoxy) is 4. The molecule has 0 amide bonds. The van der Waals surface area contributed by atoms with Crippen molar-refractivity contribution in [2.24, 2.45) is 0 Å². The summed E-state index contributed by atoms with van der Waals surface area (Å²) < 4.78 is 53.5. The lowest BCUT2D eigenvalue weighted by molar-refractivity contribution is -0.210. The molecule has 7 nitrogen and oxygen atoms in total. The highest BCUT2D eigenvalue weighted by atomic mass is 31.2. The fourth-order valence-electron chi connectivity index (χ4n) is 5.68. The van der Waals surface area contributed by atoms with Crippen LogP contribution in [0.15, 0.2) is 163 Å². The molecule has 1 fully saturated rings. The molecule has 1 heterocycles. The van der Waals surface area contributed by atoms with Gasteiger partial charge in [0.15, 0.2) is 0 Å². The molecule has 50 heavy (non-hydrogen) atoms. The van der Waals surface area contributed by atoms with Crippen molar-refractivity contribution in [1.82, 2.24) is 0 Å². The molecule has 0 aromatic heterocycles. The molecule has 5 aromatic rings. The van der Waals surface area contributed by atoms with Crippen LogP contribution in [0.1, 0.15) is 34.7 Å². The minimum Gasteiger partial charge on any atom is -0.489 e. The zero-order chi connectivity index (χ0) is 34.4. The Bertz CT molecular complexity index is 1740. The quantitative estimate of drug-likeness (QED) is 0.0955. The molecule has 6 rings (SSSR count). The lowest BCUT2D eigenvalue weighted by Crippen LogP contribution is -2.54. The second kappa shape index (κ2) is 18.1. The number of hydrogen-bond donors (Lipinski definition) is 0. The first-order valence-electron chi connectivity index (χ1n) is 16.9. The highest BCUT2D eigenvalue weighted by Crippen LogP contribution is 2.53. The summed E-state index contributed by atoms with van der Waals surface area (Å²) in [6.07, 6.45) is -2.44. The van der Waals surface area contributed by atoms with Gasteiger partial charge in [0.05, 0.1) is 38.9 Å². The van der Waals surface area contributed by atoms with E-state index in [0.29, 0.717) is 19.0 Å². The van der Waals surface area contributed by atoms with E-state index in [0.717, 1.165) is 27.8 Å². The van der Waals surface area contributed by atoms with E-state index >= 15 is 0 Å². The van der Waals surface area contributed by atoms with Gasteiger partial charge in [0.1, 0.15) is 30.2 Å². The SMILES string of the molecule is C[C@@H]1O/C(=C\P(=O)(OCc2ccccc2)OCc2ccccc2)[C@H](OCc2ccccc2)[C@H](OCc2ccccc2)[C@H]1OCc1ccccc1. The monoisotopic (exact) mass is 690 g/mol. The van der Waals surface area contributed by atoms with E-state index in [9.17, 15) is 4.57 Å². The van der Waals surface area contributed by atoms with Crippen LogP contribution in [0, 0.1) is 0 Å². The van der Waals surface area contributed by atoms with Gasteiger partial charge in [0.2, 0.25) is 0 Å². The summed E-state index contributed by atoms with van der Waals surface area (Å²) in [5, 5.41) is 0. The van der Waals surface area contributed by atoms with Gasteiger partial charge in [0, 0.05) is 0 Å². The summed E-state index contributed by atoms with van der Waals surface area (Å²) in [5.41, 5.74) is 4.73. The fourth-order valence-corrected chi connectivity index (χ4v) is 7.08. The van der Waals surface area contributed by atoms with Crippen LogP contribution < -0.4 is 0 Å². The van der Waals surface area contributed by atoms with Gasteiger partial charge in [-0.2, -0.15) is 0 Å². The van der Waals surface area contributed by atoms with E-state index in [2.05, 4.69) is 0 Å². The first-order chi connectivity index (χ1) is 24.5. The zero-order valence-corrected chi connectivity index (χ0v) is 29.1. The average Bonchev–Trinajstić information content (AvgIpc) is 3.17. The Kier molecular flexibility index (Phi) is 12.8. The van der Waals surface area contributed by atoms with Gasteiger partial charge < -0.3 is 28.0 Å². The van der Waals surface area contributed by atoms with E-state index in [1.165, 1.54) is 5.82 Å². The van der Waals surface area contributed by atoms with Crippen molar-refractivity contribution in [2.75, 3.05) is 0 Å². The van der Waals surface area contributed by atoms with Crippen molar-refractivity contribution >= 4 is 7.60 Å². The summed E-state index contributed by atoms with van der Waals surface area (Å²) in [6, 6.07) is 49.0. The van der Waals surface area contributed by atoms with E-state index in [1.807, 2.05) is 159 Å². The minimum atomic E-state index is -3.93. The van der Waals surface area contributed by atoms with Crippen LogP contribution in [0.25, 0.3) is 0 Å². The van der Waals surface area contributed by atoms with Crippen molar-refractivity contribution < 1.29 is 32.6 Å². The highest BCUT2D eigenvalue weighted by Gasteiger charge is 2.46. The van der Waals surface area contributed by atoms with Crippen molar-refractivity contribution in [3.05, 3.63) is 191 Å². The maximum absolute atomic E-state index is 14.7. The number of hydrogen-bond acceptors (Lipinski definition) is 7. The van der Waals surface area contributed by atoms with Crippen LogP contribution in [0.5, 0.6) is 0 Å². The molecule has 5 aromatic carbocycles. The maximum Gasteiger partial charge on any atom is 0.358 e. The second-order valence-corrected chi connectivity index (χ2v) is 14.0. The summed E-state index contributed by atoms with van der Waals surface area (Å²) in [5.74, 6) is 1.78. The molecule has 0 aliphatic carbocycles. The highest BCUT2D eigenvalue weighted by molar-refractivity contribution is 7.57. The van der Waals surface area contributed by atoms with Gasteiger partial charge in [-0.1, -0.05) is 152 Å². The van der Waals surface area contributed by atoms with Crippen molar-refractivity contribution in [3.63, 3.8) is 0 Å². The molecular weight excluding hydrogens is 647 g/mol. The van der Waals surface area contributed by atoms with Gasteiger partial charge >= 0.3 is 7.60 Å². The lowest BCUT2D eigenvalue weighted by atomic mass is 9.98. The molecule has 0 saturated carbocycles. The molecule has 0 bridgehead atoms. The first kappa shape index (κ1) is 35.5. The van der Waals surface area contributed by atoms with Crippen LogP contribution in [0.2, 0.25) is 0 Å². The van der Waals surface area contributed by atoms with Crippen molar-refractivity contribution in [2.45, 2.75) is 64.4 Å². The first-order valence-corrected chi connectivity index (χ1v) is 18.5. The predicted octanol–water partition coefficient (Wildman–Crippen LogP) is 9.63. The average molecular weight is 691 g/mol. The van der Waals surface area contributed by atoms with Crippen LogP contribution in [0.3, 0.4) is 0 Å².